The van der Waals surface area contributed by atoms with Crippen LogP contribution in [-0.2, 0) is 0 Å². The van der Waals surface area contributed by atoms with Crippen LogP contribution in [-0.4, -0.2) is 33.7 Å². The van der Waals surface area contributed by atoms with Gasteiger partial charge in [0, 0.05) is 29.7 Å². The maximum atomic E-state index is 13.2. The molecule has 0 aliphatic heterocycles. The Hall–Kier alpha value is -3.13. The van der Waals surface area contributed by atoms with Gasteiger partial charge >= 0.3 is 5.97 Å². The van der Waals surface area contributed by atoms with E-state index in [4.69, 9.17) is 5.11 Å². The maximum Gasteiger partial charge on any atom is 0.336 e. The lowest BCUT2D eigenvalue weighted by Gasteiger charge is -2.08. The smallest absolute Gasteiger partial charge is 0.336 e. The number of nitrogens with zero attached hydrogens (tertiary/aromatic N) is 4. The molecule has 0 amide bonds. The SMILES string of the molecule is Cc1cccc(-c2nsc(N(C)/N=C/c3ccc(F)cc3C(=O)O)n2)c1. The Balaban J connectivity index is 1.82. The largest absolute Gasteiger partial charge is 0.478 e. The van der Waals surface area contributed by atoms with Crippen molar-refractivity contribution in [3.63, 3.8) is 0 Å². The Labute approximate surface area is 153 Å². The number of hydrazone groups is 1. The summed E-state index contributed by atoms with van der Waals surface area (Å²) >= 11 is 1.18. The van der Waals surface area contributed by atoms with Crippen LogP contribution < -0.4 is 5.01 Å². The van der Waals surface area contributed by atoms with Crippen LogP contribution in [0.25, 0.3) is 11.4 Å². The Morgan fingerprint density at radius 3 is 2.85 bits per heavy atom. The Morgan fingerprint density at radius 2 is 2.12 bits per heavy atom. The second kappa shape index (κ2) is 7.40. The highest BCUT2D eigenvalue weighted by Crippen LogP contribution is 2.24. The molecular weight excluding hydrogens is 355 g/mol. The molecule has 1 heterocycles. The molecule has 0 saturated carbocycles. The standard InChI is InChI=1S/C18H15FN4O2S/c1-11-4-3-5-12(8-11)16-21-18(26-22-16)23(2)20-10-13-6-7-14(19)9-15(13)17(24)25/h3-10H,1-2H3,(H,24,25)/b20-10+. The zero-order valence-corrected chi connectivity index (χ0v) is 14.9. The summed E-state index contributed by atoms with van der Waals surface area (Å²) in [5.74, 6) is -1.23. The minimum Gasteiger partial charge on any atom is -0.478 e. The number of benzene rings is 2. The van der Waals surface area contributed by atoms with E-state index in [9.17, 15) is 9.18 Å². The molecule has 0 fully saturated rings. The Bertz CT molecular complexity index is 987. The summed E-state index contributed by atoms with van der Waals surface area (Å²) in [4.78, 5) is 15.7. The summed E-state index contributed by atoms with van der Waals surface area (Å²) in [6, 6.07) is 11.4. The summed E-state index contributed by atoms with van der Waals surface area (Å²) in [5.41, 5.74) is 2.17. The van der Waals surface area contributed by atoms with Gasteiger partial charge in [-0.05, 0) is 31.2 Å². The minimum atomic E-state index is -1.22. The number of aromatic nitrogens is 2. The number of aromatic carboxylic acids is 1. The molecular formula is C18H15FN4O2S. The third-order valence-electron chi connectivity index (χ3n) is 3.58. The van der Waals surface area contributed by atoms with E-state index in [2.05, 4.69) is 14.5 Å². The quantitative estimate of drug-likeness (QED) is 0.546. The summed E-state index contributed by atoms with van der Waals surface area (Å²) < 4.78 is 17.6. The predicted octanol–water partition coefficient (Wildman–Crippen LogP) is 3.82. The second-order valence-electron chi connectivity index (χ2n) is 5.57. The van der Waals surface area contributed by atoms with Crippen LogP contribution in [0, 0.1) is 12.7 Å². The average Bonchev–Trinajstić information content (AvgIpc) is 3.10. The van der Waals surface area contributed by atoms with E-state index in [1.807, 2.05) is 31.2 Å². The molecule has 0 bridgehead atoms. The molecule has 0 aliphatic rings. The van der Waals surface area contributed by atoms with Crippen molar-refractivity contribution in [2.75, 3.05) is 12.1 Å². The topological polar surface area (TPSA) is 78.7 Å². The van der Waals surface area contributed by atoms with Crippen LogP contribution in [0.15, 0.2) is 47.6 Å². The van der Waals surface area contributed by atoms with Gasteiger partial charge in [0.1, 0.15) is 5.82 Å². The molecule has 0 aliphatic carbocycles. The number of carboxylic acid groups (broad SMARTS) is 1. The molecule has 0 unspecified atom stereocenters. The van der Waals surface area contributed by atoms with Gasteiger partial charge in [-0.25, -0.2) is 14.2 Å². The lowest BCUT2D eigenvalue weighted by Crippen LogP contribution is -2.10. The van der Waals surface area contributed by atoms with E-state index >= 15 is 0 Å². The molecule has 26 heavy (non-hydrogen) atoms. The fraction of sp³-hybridized carbons (Fsp3) is 0.111. The van der Waals surface area contributed by atoms with Crippen LogP contribution in [0.1, 0.15) is 21.5 Å². The molecule has 1 N–H and O–H groups in total. The Kier molecular flexibility index (Phi) is 5.04. The second-order valence-corrected chi connectivity index (χ2v) is 6.31. The minimum absolute atomic E-state index is 0.153. The molecule has 0 atom stereocenters. The maximum absolute atomic E-state index is 13.2. The third-order valence-corrected chi connectivity index (χ3v) is 4.37. The highest BCUT2D eigenvalue weighted by Gasteiger charge is 2.12. The van der Waals surface area contributed by atoms with Crippen molar-refractivity contribution in [2.24, 2.45) is 5.10 Å². The van der Waals surface area contributed by atoms with Crippen molar-refractivity contribution in [1.29, 1.82) is 0 Å². The van der Waals surface area contributed by atoms with Crippen LogP contribution in [0.3, 0.4) is 0 Å². The molecule has 3 aromatic rings. The third kappa shape index (κ3) is 3.92. The predicted molar refractivity (Wildman–Crippen MR) is 99.4 cm³/mol. The first-order valence-corrected chi connectivity index (χ1v) is 8.42. The van der Waals surface area contributed by atoms with Crippen LogP contribution >= 0.6 is 11.5 Å². The van der Waals surface area contributed by atoms with Crippen LogP contribution in [0.4, 0.5) is 9.52 Å². The van der Waals surface area contributed by atoms with Crippen molar-refractivity contribution >= 4 is 28.8 Å². The fourth-order valence-corrected chi connectivity index (χ4v) is 2.88. The average molecular weight is 370 g/mol. The van der Waals surface area contributed by atoms with Crippen molar-refractivity contribution in [2.45, 2.75) is 6.92 Å². The number of aryl methyl sites for hydroxylation is 1. The van der Waals surface area contributed by atoms with Gasteiger partial charge < -0.3 is 5.11 Å². The number of rotatable bonds is 5. The molecule has 0 spiro atoms. The normalized spacial score (nSPS) is 11.0. The first kappa shape index (κ1) is 17.7. The van der Waals surface area contributed by atoms with Gasteiger partial charge in [0.15, 0.2) is 5.82 Å². The lowest BCUT2D eigenvalue weighted by atomic mass is 10.1. The molecule has 0 radical (unpaired) electrons. The summed E-state index contributed by atoms with van der Waals surface area (Å²) in [6.07, 6.45) is 1.36. The van der Waals surface area contributed by atoms with E-state index in [0.717, 1.165) is 17.2 Å². The van der Waals surface area contributed by atoms with Gasteiger partial charge in [0.25, 0.3) is 0 Å². The Morgan fingerprint density at radius 1 is 1.31 bits per heavy atom. The van der Waals surface area contributed by atoms with E-state index < -0.39 is 11.8 Å². The molecule has 1 aromatic heterocycles. The van der Waals surface area contributed by atoms with Crippen molar-refractivity contribution < 1.29 is 14.3 Å². The molecule has 132 valence electrons. The first-order chi connectivity index (χ1) is 12.4. The van der Waals surface area contributed by atoms with E-state index in [0.29, 0.717) is 16.5 Å². The lowest BCUT2D eigenvalue weighted by molar-refractivity contribution is 0.0696. The highest BCUT2D eigenvalue weighted by atomic mass is 32.1. The zero-order chi connectivity index (χ0) is 18.7. The summed E-state index contributed by atoms with van der Waals surface area (Å²) in [7, 11) is 1.68. The monoisotopic (exact) mass is 370 g/mol. The van der Waals surface area contributed by atoms with E-state index in [1.165, 1.54) is 34.9 Å². The van der Waals surface area contributed by atoms with Gasteiger partial charge in [-0.3, -0.25) is 0 Å². The first-order valence-electron chi connectivity index (χ1n) is 7.65. The van der Waals surface area contributed by atoms with Gasteiger partial charge in [0.05, 0.1) is 11.8 Å². The fourth-order valence-electron chi connectivity index (χ4n) is 2.27. The number of halogens is 1. The summed E-state index contributed by atoms with van der Waals surface area (Å²) in [5, 5.41) is 15.4. The summed E-state index contributed by atoms with van der Waals surface area (Å²) in [6.45, 7) is 2.00. The van der Waals surface area contributed by atoms with Gasteiger partial charge in [-0.15, -0.1) is 0 Å². The molecule has 2 aromatic carbocycles. The van der Waals surface area contributed by atoms with Gasteiger partial charge in [0.2, 0.25) is 5.13 Å². The van der Waals surface area contributed by atoms with Crippen molar-refractivity contribution in [1.82, 2.24) is 9.36 Å². The number of anilines is 1. The van der Waals surface area contributed by atoms with Gasteiger partial charge in [-0.1, -0.05) is 23.8 Å². The number of hydrogen-bond donors (Lipinski definition) is 1. The zero-order valence-electron chi connectivity index (χ0n) is 14.0. The number of carboxylic acids is 1. The molecule has 8 heteroatoms. The molecule has 0 saturated heterocycles. The van der Waals surface area contributed by atoms with Crippen molar-refractivity contribution in [3.05, 3.63) is 65.0 Å². The van der Waals surface area contributed by atoms with Gasteiger partial charge in [-0.2, -0.15) is 14.5 Å². The van der Waals surface area contributed by atoms with Crippen molar-refractivity contribution in [3.8, 4) is 11.4 Å². The molecule has 3 rings (SSSR count). The van der Waals surface area contributed by atoms with E-state index in [1.54, 1.807) is 7.05 Å². The molecule has 6 nitrogen and oxygen atoms in total. The number of carbonyl (C=O) groups is 1. The van der Waals surface area contributed by atoms with Crippen LogP contribution in [0.5, 0.6) is 0 Å². The van der Waals surface area contributed by atoms with Crippen LogP contribution in [0.2, 0.25) is 0 Å². The number of hydrogen-bond acceptors (Lipinski definition) is 6. The van der Waals surface area contributed by atoms with E-state index in [-0.39, 0.29) is 5.56 Å². The highest BCUT2D eigenvalue weighted by molar-refractivity contribution is 7.09.